The fraction of sp³-hybridized carbons (Fsp3) is 0.0870. The first kappa shape index (κ1) is 17.7. The van der Waals surface area contributed by atoms with E-state index < -0.39 is 0 Å². The van der Waals surface area contributed by atoms with Crippen molar-refractivity contribution in [2.45, 2.75) is 13.3 Å². The van der Waals surface area contributed by atoms with Gasteiger partial charge >= 0.3 is 0 Å². The molecule has 5 heteroatoms. The van der Waals surface area contributed by atoms with Gasteiger partial charge in [0.1, 0.15) is 5.65 Å². The molecule has 4 aromatic rings. The molecule has 0 bridgehead atoms. The third kappa shape index (κ3) is 3.42. The Kier molecular flexibility index (Phi) is 4.72. The summed E-state index contributed by atoms with van der Waals surface area (Å²) in [5.74, 6) is -0.234. The number of amides is 1. The van der Waals surface area contributed by atoms with Crippen LogP contribution in [0.2, 0.25) is 0 Å². The van der Waals surface area contributed by atoms with Crippen LogP contribution in [0.3, 0.4) is 0 Å². The van der Waals surface area contributed by atoms with Crippen molar-refractivity contribution in [2.75, 3.05) is 5.32 Å². The van der Waals surface area contributed by atoms with Crippen LogP contribution >= 0.6 is 0 Å². The Morgan fingerprint density at radius 2 is 2.04 bits per heavy atom. The quantitative estimate of drug-likeness (QED) is 0.488. The van der Waals surface area contributed by atoms with E-state index >= 15 is 0 Å². The highest BCUT2D eigenvalue weighted by Crippen LogP contribution is 2.31. The third-order valence-electron chi connectivity index (χ3n) is 4.69. The molecule has 0 radical (unpaired) electrons. The van der Waals surface area contributed by atoms with E-state index in [1.807, 2.05) is 49.1 Å². The van der Waals surface area contributed by atoms with Crippen LogP contribution in [-0.4, -0.2) is 20.9 Å². The minimum atomic E-state index is -0.234. The summed E-state index contributed by atoms with van der Waals surface area (Å²) in [5.41, 5.74) is 6.83. The number of H-pyrrole nitrogens is 1. The molecule has 0 unspecified atom stereocenters. The summed E-state index contributed by atoms with van der Waals surface area (Å²) in [5, 5.41) is 3.83. The first-order valence-electron chi connectivity index (χ1n) is 9.13. The minimum Gasteiger partial charge on any atom is -0.346 e. The SMILES string of the molecule is C=CC(=O)Nc1cccc(-c2cnc3[nH]cc(-c4cncc(CC)c4)c3c2)c1. The fourth-order valence-corrected chi connectivity index (χ4v) is 3.20. The summed E-state index contributed by atoms with van der Waals surface area (Å²) in [7, 11) is 0. The van der Waals surface area contributed by atoms with Crippen molar-refractivity contribution in [3.8, 4) is 22.3 Å². The lowest BCUT2D eigenvalue weighted by molar-refractivity contribution is -0.111. The largest absolute Gasteiger partial charge is 0.346 e. The number of hydrogen-bond acceptors (Lipinski definition) is 3. The number of aryl methyl sites for hydroxylation is 1. The number of aromatic nitrogens is 3. The maximum Gasteiger partial charge on any atom is 0.247 e. The molecule has 3 heterocycles. The molecule has 0 aliphatic heterocycles. The number of benzene rings is 1. The molecule has 1 amide bonds. The number of nitrogens with zero attached hydrogens (tertiary/aromatic N) is 2. The number of aromatic amines is 1. The third-order valence-corrected chi connectivity index (χ3v) is 4.69. The first-order chi connectivity index (χ1) is 13.7. The molecule has 3 aromatic heterocycles. The van der Waals surface area contributed by atoms with Gasteiger partial charge in [-0.3, -0.25) is 9.78 Å². The summed E-state index contributed by atoms with van der Waals surface area (Å²) < 4.78 is 0. The standard InChI is InChI=1S/C23H20N4O/c1-3-15-8-18(12-24-11-15)21-14-26-23-20(21)10-17(13-25-23)16-6-5-7-19(9-16)27-22(28)4-2/h4-14H,2-3H2,1H3,(H,25,26)(H,27,28). The molecule has 0 fully saturated rings. The Morgan fingerprint density at radius 3 is 2.86 bits per heavy atom. The molecule has 4 rings (SSSR count). The number of rotatable bonds is 5. The zero-order valence-electron chi connectivity index (χ0n) is 15.6. The van der Waals surface area contributed by atoms with Gasteiger partial charge in [-0.05, 0) is 47.9 Å². The van der Waals surface area contributed by atoms with Gasteiger partial charge in [0.15, 0.2) is 0 Å². The lowest BCUT2D eigenvalue weighted by atomic mass is 10.0. The second-order valence-corrected chi connectivity index (χ2v) is 6.53. The maximum absolute atomic E-state index is 11.6. The van der Waals surface area contributed by atoms with Gasteiger partial charge in [-0.25, -0.2) is 4.98 Å². The van der Waals surface area contributed by atoms with E-state index in [9.17, 15) is 4.79 Å². The highest BCUT2D eigenvalue weighted by atomic mass is 16.1. The van der Waals surface area contributed by atoms with E-state index in [-0.39, 0.29) is 5.91 Å². The van der Waals surface area contributed by atoms with Crippen LogP contribution < -0.4 is 5.32 Å². The summed E-state index contributed by atoms with van der Waals surface area (Å²) in [6, 6.07) is 12.0. The van der Waals surface area contributed by atoms with E-state index in [4.69, 9.17) is 0 Å². The van der Waals surface area contributed by atoms with Gasteiger partial charge in [-0.15, -0.1) is 0 Å². The van der Waals surface area contributed by atoms with E-state index in [1.165, 1.54) is 11.6 Å². The summed E-state index contributed by atoms with van der Waals surface area (Å²) in [6.45, 7) is 5.60. The Bertz CT molecular complexity index is 1180. The molecule has 0 spiro atoms. The molecule has 1 aromatic carbocycles. The number of nitrogens with one attached hydrogen (secondary N) is 2. The van der Waals surface area contributed by atoms with Crippen LogP contribution in [0.15, 0.2) is 73.8 Å². The average molecular weight is 368 g/mol. The molecule has 28 heavy (non-hydrogen) atoms. The Balaban J connectivity index is 1.77. The number of pyridine rings is 2. The number of fused-ring (bicyclic) bond motifs is 1. The van der Waals surface area contributed by atoms with Crippen LogP contribution in [-0.2, 0) is 11.2 Å². The Morgan fingerprint density at radius 1 is 1.14 bits per heavy atom. The average Bonchev–Trinajstić information content (AvgIpc) is 3.17. The number of carbonyl (C=O) groups is 1. The molecule has 2 N–H and O–H groups in total. The van der Waals surface area contributed by atoms with Crippen molar-refractivity contribution in [1.82, 2.24) is 15.0 Å². The molecular formula is C23H20N4O. The maximum atomic E-state index is 11.6. The van der Waals surface area contributed by atoms with Crippen molar-refractivity contribution in [3.63, 3.8) is 0 Å². The Labute approximate surface area is 163 Å². The zero-order chi connectivity index (χ0) is 19.5. The molecular weight excluding hydrogens is 348 g/mol. The molecule has 5 nitrogen and oxygen atoms in total. The van der Waals surface area contributed by atoms with Crippen molar-refractivity contribution >= 4 is 22.6 Å². The van der Waals surface area contributed by atoms with Gasteiger partial charge in [0.2, 0.25) is 5.91 Å². The van der Waals surface area contributed by atoms with E-state index in [0.717, 1.165) is 45.4 Å². The second-order valence-electron chi connectivity index (χ2n) is 6.53. The zero-order valence-corrected chi connectivity index (χ0v) is 15.6. The molecule has 0 aliphatic rings. The second kappa shape index (κ2) is 7.48. The fourth-order valence-electron chi connectivity index (χ4n) is 3.20. The van der Waals surface area contributed by atoms with Gasteiger partial charge in [0.05, 0.1) is 0 Å². The predicted octanol–water partition coefficient (Wildman–Crippen LogP) is 4.98. The van der Waals surface area contributed by atoms with E-state index in [0.29, 0.717) is 0 Å². The lowest BCUT2D eigenvalue weighted by Crippen LogP contribution is -2.06. The van der Waals surface area contributed by atoms with Crippen molar-refractivity contribution < 1.29 is 4.79 Å². The highest BCUT2D eigenvalue weighted by Gasteiger charge is 2.10. The van der Waals surface area contributed by atoms with Gasteiger partial charge in [0, 0.05) is 52.6 Å². The van der Waals surface area contributed by atoms with Gasteiger partial charge in [-0.1, -0.05) is 25.6 Å². The molecule has 0 aliphatic carbocycles. The lowest BCUT2D eigenvalue weighted by Gasteiger charge is -2.07. The van der Waals surface area contributed by atoms with Crippen molar-refractivity contribution in [1.29, 1.82) is 0 Å². The highest BCUT2D eigenvalue weighted by molar-refractivity contribution is 5.99. The number of carbonyl (C=O) groups excluding carboxylic acids is 1. The predicted molar refractivity (Wildman–Crippen MR) is 113 cm³/mol. The van der Waals surface area contributed by atoms with E-state index in [2.05, 4.69) is 45.9 Å². The topological polar surface area (TPSA) is 70.7 Å². The molecule has 0 saturated carbocycles. The summed E-state index contributed by atoms with van der Waals surface area (Å²) in [6.07, 6.45) is 9.77. The van der Waals surface area contributed by atoms with Crippen LogP contribution in [0.5, 0.6) is 0 Å². The van der Waals surface area contributed by atoms with E-state index in [1.54, 1.807) is 0 Å². The smallest absolute Gasteiger partial charge is 0.247 e. The van der Waals surface area contributed by atoms with Crippen molar-refractivity contribution in [2.24, 2.45) is 0 Å². The van der Waals surface area contributed by atoms with Gasteiger partial charge in [-0.2, -0.15) is 0 Å². The molecule has 0 saturated heterocycles. The van der Waals surface area contributed by atoms with Crippen molar-refractivity contribution in [3.05, 3.63) is 79.4 Å². The summed E-state index contributed by atoms with van der Waals surface area (Å²) in [4.78, 5) is 23.7. The van der Waals surface area contributed by atoms with Crippen LogP contribution in [0.25, 0.3) is 33.3 Å². The molecule has 0 atom stereocenters. The molecule has 138 valence electrons. The monoisotopic (exact) mass is 368 g/mol. The number of anilines is 1. The van der Waals surface area contributed by atoms with Crippen LogP contribution in [0.1, 0.15) is 12.5 Å². The normalized spacial score (nSPS) is 10.8. The van der Waals surface area contributed by atoms with Gasteiger partial charge < -0.3 is 10.3 Å². The number of hydrogen-bond donors (Lipinski definition) is 2. The minimum absolute atomic E-state index is 0.234. The van der Waals surface area contributed by atoms with Crippen LogP contribution in [0, 0.1) is 0 Å². The van der Waals surface area contributed by atoms with Crippen LogP contribution in [0.4, 0.5) is 5.69 Å². The van der Waals surface area contributed by atoms with Gasteiger partial charge in [0.25, 0.3) is 0 Å². The first-order valence-corrected chi connectivity index (χ1v) is 9.13. The Hall–Kier alpha value is -3.73. The summed E-state index contributed by atoms with van der Waals surface area (Å²) >= 11 is 0.